The van der Waals surface area contributed by atoms with E-state index in [9.17, 15) is 9.90 Å². The summed E-state index contributed by atoms with van der Waals surface area (Å²) < 4.78 is 46.6. The van der Waals surface area contributed by atoms with E-state index in [1.807, 2.05) is 4.90 Å². The number of amides is 1. The largest absolute Gasteiger partial charge is 0.486 e. The minimum atomic E-state index is -3.98. The van der Waals surface area contributed by atoms with Crippen molar-refractivity contribution in [3.05, 3.63) is 47.6 Å². The molecular weight excluding hydrogens is 462 g/mol. The summed E-state index contributed by atoms with van der Waals surface area (Å²) in [7, 11) is 0. The first-order chi connectivity index (χ1) is 16.8. The van der Waals surface area contributed by atoms with Crippen LogP contribution < -0.4 is 14.8 Å². The van der Waals surface area contributed by atoms with Crippen molar-refractivity contribution in [3.8, 4) is 11.5 Å². The van der Waals surface area contributed by atoms with Crippen molar-refractivity contribution in [2.75, 3.05) is 32.8 Å². The molecule has 2 aromatic heterocycles. The number of hydrogen-bond donors (Lipinski definition) is 2. The Labute approximate surface area is 200 Å². The second kappa shape index (κ2) is 9.38. The third kappa shape index (κ3) is 4.78. The van der Waals surface area contributed by atoms with E-state index in [2.05, 4.69) is 15.3 Å². The third-order valence-electron chi connectivity index (χ3n) is 6.25. The highest BCUT2D eigenvalue weighted by molar-refractivity contribution is 5.86. The van der Waals surface area contributed by atoms with Crippen LogP contribution in [0.15, 0.2) is 34.9 Å². The lowest BCUT2D eigenvalue weighted by Gasteiger charge is -2.30. The number of nitrogens with one attached hydrogen (secondary N) is 1. The molecule has 0 bridgehead atoms. The van der Waals surface area contributed by atoms with E-state index in [0.29, 0.717) is 36.1 Å². The molecule has 2 atom stereocenters. The van der Waals surface area contributed by atoms with E-state index >= 15 is 8.78 Å². The van der Waals surface area contributed by atoms with E-state index < -0.39 is 29.7 Å². The van der Waals surface area contributed by atoms with Gasteiger partial charge in [-0.05, 0) is 56.6 Å². The Kier molecular flexibility index (Phi) is 6.28. The van der Waals surface area contributed by atoms with E-state index in [0.717, 1.165) is 32.0 Å². The minimum absolute atomic E-state index is 0.0232. The number of halogens is 2. The second-order valence-corrected chi connectivity index (χ2v) is 8.80. The molecule has 0 radical (unpaired) electrons. The lowest BCUT2D eigenvalue weighted by molar-refractivity contribution is -0.151. The summed E-state index contributed by atoms with van der Waals surface area (Å²) in [5.74, 6) is -5.02. The predicted molar refractivity (Wildman–Crippen MR) is 120 cm³/mol. The lowest BCUT2D eigenvalue weighted by Crippen LogP contribution is -2.50. The standard InChI is InChI=1S/C24H26F2N4O5/c1-14-27-12-16-11-20(35-22(16)28-14)24(25,26)23(32)29-17(13-30-6-2-3-7-30)21(31)15-4-5-18-19(10-15)34-9-8-33-18/h4-5,10-12,17,21,31H,2-3,6-9,13H2,1H3,(H,29,32)/t17-,21-/m1/s1. The fourth-order valence-corrected chi connectivity index (χ4v) is 4.38. The predicted octanol–water partition coefficient (Wildman–Crippen LogP) is 2.71. The summed E-state index contributed by atoms with van der Waals surface area (Å²) in [6, 6.07) is 4.97. The molecule has 0 aliphatic carbocycles. The van der Waals surface area contributed by atoms with Gasteiger partial charge in [-0.15, -0.1) is 0 Å². The molecule has 35 heavy (non-hydrogen) atoms. The number of carbonyl (C=O) groups is 1. The molecule has 2 aliphatic rings. The molecule has 0 saturated carbocycles. The maximum atomic E-state index is 15.2. The Morgan fingerprint density at radius 3 is 2.71 bits per heavy atom. The van der Waals surface area contributed by atoms with E-state index in [-0.39, 0.29) is 17.6 Å². The number of aryl methyl sites for hydroxylation is 1. The lowest BCUT2D eigenvalue weighted by atomic mass is 10.0. The fraction of sp³-hybridized carbons (Fsp3) is 0.458. The number of fused-ring (bicyclic) bond motifs is 2. The minimum Gasteiger partial charge on any atom is -0.486 e. The molecule has 1 aromatic carbocycles. The van der Waals surface area contributed by atoms with Crippen LogP contribution >= 0.6 is 0 Å². The van der Waals surface area contributed by atoms with Crippen LogP contribution in [0.2, 0.25) is 0 Å². The number of carbonyl (C=O) groups excluding carboxylic acids is 1. The van der Waals surface area contributed by atoms with Gasteiger partial charge in [-0.1, -0.05) is 6.07 Å². The van der Waals surface area contributed by atoms with Crippen molar-refractivity contribution in [2.45, 2.75) is 37.8 Å². The van der Waals surface area contributed by atoms with Gasteiger partial charge >= 0.3 is 5.92 Å². The van der Waals surface area contributed by atoms with Crippen molar-refractivity contribution in [1.29, 1.82) is 0 Å². The number of aromatic nitrogens is 2. The number of hydrogen-bond acceptors (Lipinski definition) is 8. The zero-order valence-electron chi connectivity index (χ0n) is 19.2. The second-order valence-electron chi connectivity index (χ2n) is 8.80. The van der Waals surface area contributed by atoms with Crippen LogP contribution in [0.5, 0.6) is 11.5 Å². The Balaban J connectivity index is 1.39. The number of alkyl halides is 2. The molecule has 9 nitrogen and oxygen atoms in total. The first-order valence-electron chi connectivity index (χ1n) is 11.5. The molecule has 1 saturated heterocycles. The van der Waals surface area contributed by atoms with Gasteiger partial charge in [0.1, 0.15) is 25.1 Å². The Hall–Kier alpha value is -3.31. The van der Waals surface area contributed by atoms with Crippen LogP contribution in [0.1, 0.15) is 36.1 Å². The van der Waals surface area contributed by atoms with Gasteiger partial charge in [-0.2, -0.15) is 13.8 Å². The highest BCUT2D eigenvalue weighted by atomic mass is 19.3. The van der Waals surface area contributed by atoms with Gasteiger partial charge in [0.2, 0.25) is 5.71 Å². The quantitative estimate of drug-likeness (QED) is 0.523. The Morgan fingerprint density at radius 2 is 1.94 bits per heavy atom. The van der Waals surface area contributed by atoms with Gasteiger partial charge < -0.3 is 29.2 Å². The van der Waals surface area contributed by atoms with Crippen molar-refractivity contribution in [3.63, 3.8) is 0 Å². The van der Waals surface area contributed by atoms with Crippen molar-refractivity contribution >= 4 is 17.0 Å². The zero-order chi connectivity index (χ0) is 24.6. The van der Waals surface area contributed by atoms with Crippen molar-refractivity contribution in [2.24, 2.45) is 0 Å². The molecule has 0 spiro atoms. The first-order valence-corrected chi connectivity index (χ1v) is 11.5. The van der Waals surface area contributed by atoms with Gasteiger partial charge in [0, 0.05) is 12.7 Å². The average molecular weight is 488 g/mol. The molecular formula is C24H26F2N4O5. The molecule has 2 N–H and O–H groups in total. The Bertz CT molecular complexity index is 1230. The number of benzene rings is 1. The summed E-state index contributed by atoms with van der Waals surface area (Å²) >= 11 is 0. The number of furan rings is 1. The van der Waals surface area contributed by atoms with E-state index in [1.165, 1.54) is 6.20 Å². The zero-order valence-corrected chi connectivity index (χ0v) is 19.2. The normalized spacial score (nSPS) is 17.9. The summed E-state index contributed by atoms with van der Waals surface area (Å²) in [4.78, 5) is 22.8. The van der Waals surface area contributed by atoms with Crippen LogP contribution in [0.3, 0.4) is 0 Å². The van der Waals surface area contributed by atoms with E-state index in [4.69, 9.17) is 13.9 Å². The van der Waals surface area contributed by atoms with Gasteiger partial charge in [0.05, 0.1) is 11.4 Å². The first kappa shape index (κ1) is 23.4. The third-order valence-corrected chi connectivity index (χ3v) is 6.25. The van der Waals surface area contributed by atoms with Crippen LogP contribution in [0.25, 0.3) is 11.1 Å². The van der Waals surface area contributed by atoms with Crippen molar-refractivity contribution < 1.29 is 32.6 Å². The molecule has 0 unspecified atom stereocenters. The summed E-state index contributed by atoms with van der Waals surface area (Å²) in [5, 5.41) is 13.8. The maximum Gasteiger partial charge on any atom is 0.381 e. The molecule has 4 heterocycles. The van der Waals surface area contributed by atoms with Crippen LogP contribution in [-0.4, -0.2) is 64.8 Å². The van der Waals surface area contributed by atoms with Gasteiger partial charge in [-0.3, -0.25) is 4.79 Å². The number of aliphatic hydroxyl groups is 1. The molecule has 1 amide bonds. The number of likely N-dealkylation sites (tertiary alicyclic amines) is 1. The van der Waals surface area contributed by atoms with Gasteiger partial charge in [0.25, 0.3) is 5.91 Å². The Morgan fingerprint density at radius 1 is 1.20 bits per heavy atom. The van der Waals surface area contributed by atoms with Crippen molar-refractivity contribution in [1.82, 2.24) is 20.2 Å². The van der Waals surface area contributed by atoms with Crippen LogP contribution in [0.4, 0.5) is 8.78 Å². The highest BCUT2D eigenvalue weighted by Crippen LogP contribution is 2.35. The number of nitrogens with zero attached hydrogens (tertiary/aromatic N) is 3. The maximum absolute atomic E-state index is 15.2. The van der Waals surface area contributed by atoms with Crippen LogP contribution in [0, 0.1) is 6.92 Å². The number of aliphatic hydroxyl groups excluding tert-OH is 1. The van der Waals surface area contributed by atoms with Crippen LogP contribution in [-0.2, 0) is 10.7 Å². The fourth-order valence-electron chi connectivity index (χ4n) is 4.38. The molecule has 11 heteroatoms. The summed E-state index contributed by atoms with van der Waals surface area (Å²) in [5.41, 5.74) is 0.404. The average Bonchev–Trinajstić information content (AvgIpc) is 3.52. The smallest absolute Gasteiger partial charge is 0.381 e. The molecule has 5 rings (SSSR count). The topological polar surface area (TPSA) is 110 Å². The van der Waals surface area contributed by atoms with Gasteiger partial charge in [0.15, 0.2) is 17.3 Å². The monoisotopic (exact) mass is 488 g/mol. The molecule has 186 valence electrons. The molecule has 3 aromatic rings. The summed E-state index contributed by atoms with van der Waals surface area (Å²) in [6.07, 6.45) is 2.04. The SMILES string of the molecule is Cc1ncc2cc(C(F)(F)C(=O)N[C@H](CN3CCCC3)[C@H](O)c3ccc4c(c3)OCCO4)oc2n1. The number of ether oxygens (including phenoxy) is 2. The molecule has 2 aliphatic heterocycles. The molecule has 1 fully saturated rings. The number of rotatable bonds is 7. The highest BCUT2D eigenvalue weighted by Gasteiger charge is 2.46. The van der Waals surface area contributed by atoms with E-state index in [1.54, 1.807) is 25.1 Å². The van der Waals surface area contributed by atoms with Gasteiger partial charge in [-0.25, -0.2) is 4.98 Å². The summed E-state index contributed by atoms with van der Waals surface area (Å²) in [6.45, 7) is 4.13.